The second kappa shape index (κ2) is 6.33. The molecular formula is C14H29N3O. The third kappa shape index (κ3) is 4.50. The van der Waals surface area contributed by atoms with Crippen LogP contribution < -0.4 is 5.32 Å². The van der Waals surface area contributed by atoms with Gasteiger partial charge >= 0.3 is 0 Å². The Morgan fingerprint density at radius 3 is 2.56 bits per heavy atom. The molecule has 0 saturated carbocycles. The Morgan fingerprint density at radius 2 is 1.83 bits per heavy atom. The molecule has 2 aliphatic rings. The van der Waals surface area contributed by atoms with Gasteiger partial charge in [0.1, 0.15) is 0 Å². The van der Waals surface area contributed by atoms with Gasteiger partial charge in [0.05, 0.1) is 13.2 Å². The number of ether oxygens (including phenoxy) is 1. The van der Waals surface area contributed by atoms with Gasteiger partial charge < -0.3 is 10.1 Å². The van der Waals surface area contributed by atoms with Gasteiger partial charge in [0.2, 0.25) is 0 Å². The van der Waals surface area contributed by atoms with Crippen molar-refractivity contribution in [3.05, 3.63) is 0 Å². The lowest BCUT2D eigenvalue weighted by Crippen LogP contribution is -2.48. The second-order valence-corrected chi connectivity index (χ2v) is 6.56. The van der Waals surface area contributed by atoms with Crippen LogP contribution in [0.1, 0.15) is 20.8 Å². The van der Waals surface area contributed by atoms with E-state index < -0.39 is 0 Å². The molecule has 1 N–H and O–H groups in total. The Kier molecular flexibility index (Phi) is 5.01. The van der Waals surface area contributed by atoms with Crippen LogP contribution in [0.4, 0.5) is 0 Å². The monoisotopic (exact) mass is 255 g/mol. The molecule has 0 aromatic rings. The van der Waals surface area contributed by atoms with E-state index in [2.05, 4.69) is 35.9 Å². The van der Waals surface area contributed by atoms with Crippen molar-refractivity contribution in [3.63, 3.8) is 0 Å². The lowest BCUT2D eigenvalue weighted by molar-refractivity contribution is 0.0323. The quantitative estimate of drug-likeness (QED) is 0.801. The van der Waals surface area contributed by atoms with Crippen LogP contribution in [-0.4, -0.2) is 74.4 Å². The molecule has 0 spiro atoms. The number of morpholine rings is 1. The first kappa shape index (κ1) is 14.3. The van der Waals surface area contributed by atoms with Crippen molar-refractivity contribution in [3.8, 4) is 0 Å². The number of hydrogen-bond donors (Lipinski definition) is 1. The average Bonchev–Trinajstić information content (AvgIpc) is 2.47. The van der Waals surface area contributed by atoms with Gasteiger partial charge in [-0.15, -0.1) is 0 Å². The summed E-state index contributed by atoms with van der Waals surface area (Å²) in [6.07, 6.45) is 0. The SMILES string of the molecule is CC1CNC(C)(C)CN(CCN2CCOCC2)C1. The van der Waals surface area contributed by atoms with Gasteiger partial charge in [-0.2, -0.15) is 0 Å². The van der Waals surface area contributed by atoms with Gasteiger partial charge in [0.25, 0.3) is 0 Å². The summed E-state index contributed by atoms with van der Waals surface area (Å²) in [7, 11) is 0. The zero-order chi connectivity index (χ0) is 13.0. The zero-order valence-electron chi connectivity index (χ0n) is 12.2. The molecule has 4 heteroatoms. The van der Waals surface area contributed by atoms with Crippen molar-refractivity contribution in [2.45, 2.75) is 26.3 Å². The largest absolute Gasteiger partial charge is 0.379 e. The summed E-state index contributed by atoms with van der Waals surface area (Å²) in [5.41, 5.74) is 0.246. The van der Waals surface area contributed by atoms with Crippen molar-refractivity contribution >= 4 is 0 Å². The summed E-state index contributed by atoms with van der Waals surface area (Å²) >= 11 is 0. The summed E-state index contributed by atoms with van der Waals surface area (Å²) < 4.78 is 5.40. The lowest BCUT2D eigenvalue weighted by Gasteiger charge is -2.33. The molecule has 2 saturated heterocycles. The Bertz CT molecular complexity index is 251. The van der Waals surface area contributed by atoms with Gasteiger partial charge in [0, 0.05) is 44.8 Å². The number of nitrogens with zero attached hydrogens (tertiary/aromatic N) is 2. The maximum atomic E-state index is 5.40. The Labute approximate surface area is 112 Å². The van der Waals surface area contributed by atoms with Crippen molar-refractivity contribution in [1.29, 1.82) is 0 Å². The average molecular weight is 255 g/mol. The third-order valence-corrected chi connectivity index (χ3v) is 3.95. The first-order chi connectivity index (χ1) is 8.55. The third-order valence-electron chi connectivity index (χ3n) is 3.95. The highest BCUT2D eigenvalue weighted by molar-refractivity contribution is 4.87. The summed E-state index contributed by atoms with van der Waals surface area (Å²) in [6, 6.07) is 0. The maximum absolute atomic E-state index is 5.40. The first-order valence-corrected chi connectivity index (χ1v) is 7.33. The predicted molar refractivity (Wildman–Crippen MR) is 74.9 cm³/mol. The summed E-state index contributed by atoms with van der Waals surface area (Å²) in [5, 5.41) is 3.66. The molecule has 2 fully saturated rings. The first-order valence-electron chi connectivity index (χ1n) is 7.33. The van der Waals surface area contributed by atoms with Gasteiger partial charge in [-0.05, 0) is 26.3 Å². The fourth-order valence-corrected chi connectivity index (χ4v) is 2.91. The molecule has 1 unspecified atom stereocenters. The highest BCUT2D eigenvalue weighted by atomic mass is 16.5. The Hall–Kier alpha value is -0.160. The lowest BCUT2D eigenvalue weighted by atomic mass is 10.1. The van der Waals surface area contributed by atoms with Crippen LogP contribution >= 0.6 is 0 Å². The molecular weight excluding hydrogens is 226 g/mol. The summed E-state index contributed by atoms with van der Waals surface area (Å²) in [6.45, 7) is 16.9. The predicted octanol–water partition coefficient (Wildman–Crippen LogP) is 0.639. The van der Waals surface area contributed by atoms with E-state index in [1.165, 1.54) is 19.6 Å². The van der Waals surface area contributed by atoms with E-state index >= 15 is 0 Å². The molecule has 1 atom stereocenters. The molecule has 0 aromatic heterocycles. The summed E-state index contributed by atoms with van der Waals surface area (Å²) in [5.74, 6) is 0.747. The van der Waals surface area contributed by atoms with Gasteiger partial charge in [-0.3, -0.25) is 9.80 Å². The molecule has 106 valence electrons. The van der Waals surface area contributed by atoms with Crippen LogP contribution in [0.3, 0.4) is 0 Å². The van der Waals surface area contributed by atoms with E-state index in [0.29, 0.717) is 0 Å². The van der Waals surface area contributed by atoms with Crippen molar-refractivity contribution in [2.75, 3.05) is 59.0 Å². The maximum Gasteiger partial charge on any atom is 0.0594 e. The fraction of sp³-hybridized carbons (Fsp3) is 1.00. The normalized spacial score (nSPS) is 31.2. The van der Waals surface area contributed by atoms with E-state index in [9.17, 15) is 0 Å². The van der Waals surface area contributed by atoms with Crippen LogP contribution in [0.5, 0.6) is 0 Å². The minimum absolute atomic E-state index is 0.246. The molecule has 2 aliphatic heterocycles. The molecule has 2 rings (SSSR count). The van der Waals surface area contributed by atoms with Crippen molar-refractivity contribution in [1.82, 2.24) is 15.1 Å². The van der Waals surface area contributed by atoms with Gasteiger partial charge in [-0.1, -0.05) is 6.92 Å². The number of hydrogen-bond acceptors (Lipinski definition) is 4. The molecule has 0 bridgehead atoms. The topological polar surface area (TPSA) is 27.7 Å². The van der Waals surface area contributed by atoms with E-state index in [1.54, 1.807) is 0 Å². The minimum Gasteiger partial charge on any atom is -0.379 e. The van der Waals surface area contributed by atoms with Gasteiger partial charge in [-0.25, -0.2) is 0 Å². The Morgan fingerprint density at radius 1 is 1.17 bits per heavy atom. The number of rotatable bonds is 3. The molecule has 0 amide bonds. The standard InChI is InChI=1S/C14H29N3O/c1-13-10-15-14(2,3)12-17(11-13)5-4-16-6-8-18-9-7-16/h13,15H,4-12H2,1-3H3. The molecule has 4 nitrogen and oxygen atoms in total. The molecule has 18 heavy (non-hydrogen) atoms. The molecule has 2 heterocycles. The van der Waals surface area contributed by atoms with Crippen molar-refractivity contribution in [2.24, 2.45) is 5.92 Å². The minimum atomic E-state index is 0.246. The van der Waals surface area contributed by atoms with Gasteiger partial charge in [0.15, 0.2) is 0 Å². The van der Waals surface area contributed by atoms with Crippen LogP contribution in [0, 0.1) is 5.92 Å². The van der Waals surface area contributed by atoms with E-state index in [0.717, 1.165) is 45.3 Å². The fourth-order valence-electron chi connectivity index (χ4n) is 2.91. The Balaban J connectivity index is 1.79. The van der Waals surface area contributed by atoms with Crippen LogP contribution in [0.25, 0.3) is 0 Å². The van der Waals surface area contributed by atoms with Crippen LogP contribution in [0.15, 0.2) is 0 Å². The van der Waals surface area contributed by atoms with E-state index in [1.807, 2.05) is 0 Å². The van der Waals surface area contributed by atoms with E-state index in [4.69, 9.17) is 4.74 Å². The smallest absolute Gasteiger partial charge is 0.0594 e. The number of nitrogens with one attached hydrogen (secondary N) is 1. The van der Waals surface area contributed by atoms with Crippen LogP contribution in [0.2, 0.25) is 0 Å². The summed E-state index contributed by atoms with van der Waals surface area (Å²) in [4.78, 5) is 5.15. The highest BCUT2D eigenvalue weighted by Crippen LogP contribution is 2.13. The van der Waals surface area contributed by atoms with Crippen molar-refractivity contribution < 1.29 is 4.74 Å². The highest BCUT2D eigenvalue weighted by Gasteiger charge is 2.26. The molecule has 0 aromatic carbocycles. The zero-order valence-corrected chi connectivity index (χ0v) is 12.2. The van der Waals surface area contributed by atoms with E-state index in [-0.39, 0.29) is 5.54 Å². The molecule has 0 aliphatic carbocycles. The molecule has 0 radical (unpaired) electrons. The van der Waals surface area contributed by atoms with Crippen LogP contribution in [-0.2, 0) is 4.74 Å². The second-order valence-electron chi connectivity index (χ2n) is 6.56.